The molecule has 3 aromatic rings. The third kappa shape index (κ3) is 10.3. The van der Waals surface area contributed by atoms with Gasteiger partial charge in [0.15, 0.2) is 6.29 Å². The number of rotatable bonds is 12. The number of hydrogen-bond donors (Lipinski definition) is 4. The molecule has 2 aliphatic heterocycles. The first-order valence-corrected chi connectivity index (χ1v) is 19.2. The first-order valence-electron chi connectivity index (χ1n) is 19.2. The number of carbonyl (C=O) groups excluding carboxylic acids is 2. The van der Waals surface area contributed by atoms with E-state index in [-0.39, 0.29) is 55.1 Å². The largest absolute Gasteiger partial charge is 0.481 e. The Hall–Kier alpha value is -4.09. The number of hydrogen-bond acceptors (Lipinski definition) is 7. The Bertz CT molecular complexity index is 1700. The molecule has 284 valence electrons. The van der Waals surface area contributed by atoms with Gasteiger partial charge in [0.1, 0.15) is 0 Å². The van der Waals surface area contributed by atoms with Crippen molar-refractivity contribution in [1.82, 2.24) is 15.5 Å². The normalized spacial score (nSPS) is 24.9. The van der Waals surface area contributed by atoms with Crippen LogP contribution < -0.4 is 10.6 Å². The van der Waals surface area contributed by atoms with Gasteiger partial charge in [-0.05, 0) is 86.3 Å². The van der Waals surface area contributed by atoms with Crippen molar-refractivity contribution in [2.75, 3.05) is 6.54 Å². The summed E-state index contributed by atoms with van der Waals surface area (Å²) >= 11 is 0. The molecule has 3 aromatic carbocycles. The van der Waals surface area contributed by atoms with Crippen LogP contribution in [0.1, 0.15) is 113 Å². The molecule has 4 N–H and O–H groups in total. The van der Waals surface area contributed by atoms with Crippen LogP contribution in [0.4, 0.5) is 0 Å². The van der Waals surface area contributed by atoms with Crippen molar-refractivity contribution in [3.63, 3.8) is 0 Å². The molecule has 1 saturated carbocycles. The maximum Gasteiger partial charge on any atom is 0.303 e. The summed E-state index contributed by atoms with van der Waals surface area (Å²) in [7, 11) is 0. The van der Waals surface area contributed by atoms with Crippen LogP contribution in [0.5, 0.6) is 0 Å². The van der Waals surface area contributed by atoms with E-state index in [0.717, 1.165) is 52.6 Å². The topological polar surface area (TPSA) is 137 Å². The standard InChI is InChI=1S/C43H55N3O7/c1-43(2,3)45-41(51)37-20-19-31-8-4-5-10-36(31)46(37)26-35-24-38(32-13-11-28(27-47)12-14-32)53-42(52-35)33-17-15-30(16-18-33)34-9-6-7-29(23-34)25-44-39(48)21-22-40(49)50/h6-7,9,11-18,23,31,35-38,42,47H,4-5,8,10,19-22,24-27H2,1-3H3,(H,44,48)(H,45,51)(H,49,50)/t31-,35-,36-,37-,38+,42+/m1/s1. The van der Waals surface area contributed by atoms with Gasteiger partial charge >= 0.3 is 5.97 Å². The van der Waals surface area contributed by atoms with Crippen molar-refractivity contribution >= 4 is 17.8 Å². The monoisotopic (exact) mass is 725 g/mol. The highest BCUT2D eigenvalue weighted by atomic mass is 16.7. The van der Waals surface area contributed by atoms with E-state index in [1.165, 1.54) is 19.3 Å². The molecule has 10 nitrogen and oxygen atoms in total. The van der Waals surface area contributed by atoms with Crippen molar-refractivity contribution in [2.24, 2.45) is 5.92 Å². The maximum atomic E-state index is 13.8. The average Bonchev–Trinajstić information content (AvgIpc) is 3.15. The first-order chi connectivity index (χ1) is 25.5. The Kier molecular flexibility index (Phi) is 12.7. The number of piperidine rings is 1. The fourth-order valence-corrected chi connectivity index (χ4v) is 8.20. The lowest BCUT2D eigenvalue weighted by molar-refractivity contribution is -0.255. The number of fused-ring (bicyclic) bond motifs is 1. The van der Waals surface area contributed by atoms with E-state index in [1.54, 1.807) is 0 Å². The van der Waals surface area contributed by atoms with Crippen LogP contribution in [0.15, 0.2) is 72.8 Å². The molecule has 0 aromatic heterocycles. The molecule has 0 radical (unpaired) electrons. The Morgan fingerprint density at radius 1 is 0.830 bits per heavy atom. The summed E-state index contributed by atoms with van der Waals surface area (Å²) in [6.45, 7) is 7.05. The molecule has 53 heavy (non-hydrogen) atoms. The molecule has 10 heteroatoms. The molecule has 1 aliphatic carbocycles. The van der Waals surface area contributed by atoms with Gasteiger partial charge in [-0.2, -0.15) is 0 Å². The molecule has 3 fully saturated rings. The maximum absolute atomic E-state index is 13.8. The van der Waals surface area contributed by atoms with Gasteiger partial charge in [0.05, 0.1) is 31.3 Å². The number of aliphatic carboxylic acids is 1. The van der Waals surface area contributed by atoms with E-state index < -0.39 is 12.3 Å². The number of benzene rings is 3. The van der Waals surface area contributed by atoms with E-state index in [9.17, 15) is 19.5 Å². The molecule has 2 amide bonds. The molecule has 3 aliphatic rings. The van der Waals surface area contributed by atoms with Gasteiger partial charge in [0.25, 0.3) is 0 Å². The van der Waals surface area contributed by atoms with Crippen molar-refractivity contribution < 1.29 is 34.1 Å². The van der Waals surface area contributed by atoms with E-state index >= 15 is 0 Å². The number of likely N-dealkylation sites (tertiary alicyclic amines) is 1. The quantitative estimate of drug-likeness (QED) is 0.160. The highest BCUT2D eigenvalue weighted by Crippen LogP contribution is 2.42. The zero-order valence-corrected chi connectivity index (χ0v) is 31.3. The lowest BCUT2D eigenvalue weighted by Gasteiger charge is -2.50. The van der Waals surface area contributed by atoms with Gasteiger partial charge in [-0.3, -0.25) is 19.3 Å². The van der Waals surface area contributed by atoms with Gasteiger partial charge in [0.2, 0.25) is 11.8 Å². The summed E-state index contributed by atoms with van der Waals surface area (Å²) in [5.41, 5.74) is 5.36. The molecule has 0 unspecified atom stereocenters. The van der Waals surface area contributed by atoms with E-state index in [4.69, 9.17) is 14.6 Å². The SMILES string of the molecule is CC(C)(C)NC(=O)[C@H]1CC[C@H]2CCCC[C@H]2N1C[C@H]1C[C@@H](c2ccc(CO)cc2)O[C@@H](c2ccc(-c3cccc(CNC(=O)CCC(=O)O)c3)cc2)O1. The molecule has 0 bridgehead atoms. The summed E-state index contributed by atoms with van der Waals surface area (Å²) in [4.78, 5) is 39.1. The zero-order chi connectivity index (χ0) is 37.5. The Balaban J connectivity index is 1.21. The van der Waals surface area contributed by atoms with Gasteiger partial charge in [-0.15, -0.1) is 0 Å². The highest BCUT2D eigenvalue weighted by molar-refractivity contribution is 5.82. The van der Waals surface area contributed by atoms with Gasteiger partial charge in [-0.1, -0.05) is 79.6 Å². The second kappa shape index (κ2) is 17.4. The minimum Gasteiger partial charge on any atom is -0.481 e. The molecule has 2 heterocycles. The van der Waals surface area contributed by atoms with Crippen molar-refractivity contribution in [3.8, 4) is 11.1 Å². The second-order valence-electron chi connectivity index (χ2n) is 16.0. The number of amides is 2. The molecule has 6 atom stereocenters. The van der Waals surface area contributed by atoms with Crippen molar-refractivity contribution in [1.29, 1.82) is 0 Å². The van der Waals surface area contributed by atoms with Crippen molar-refractivity contribution in [2.45, 2.75) is 128 Å². The number of carbonyl (C=O) groups is 3. The highest BCUT2D eigenvalue weighted by Gasteiger charge is 2.44. The minimum atomic E-state index is -0.994. The third-order valence-corrected chi connectivity index (χ3v) is 10.8. The lowest BCUT2D eigenvalue weighted by atomic mass is 9.75. The van der Waals surface area contributed by atoms with Crippen molar-refractivity contribution in [3.05, 3.63) is 95.1 Å². The predicted octanol–water partition coefficient (Wildman–Crippen LogP) is 6.81. The summed E-state index contributed by atoms with van der Waals surface area (Å²) in [6, 6.07) is 24.2. The minimum absolute atomic E-state index is 0.0214. The van der Waals surface area contributed by atoms with Gasteiger partial charge < -0.3 is 30.3 Å². The fraction of sp³-hybridized carbons (Fsp3) is 0.512. The Morgan fingerprint density at radius 3 is 2.28 bits per heavy atom. The number of aliphatic hydroxyl groups excluding tert-OH is 1. The van der Waals surface area contributed by atoms with Crippen LogP contribution in [0.2, 0.25) is 0 Å². The molecule has 0 spiro atoms. The van der Waals surface area contributed by atoms with Crippen LogP contribution in [0.25, 0.3) is 11.1 Å². The molecule has 2 saturated heterocycles. The summed E-state index contributed by atoms with van der Waals surface area (Å²) in [5.74, 6) is -0.593. The predicted molar refractivity (Wildman–Crippen MR) is 202 cm³/mol. The van der Waals surface area contributed by atoms with Gasteiger partial charge in [0, 0.05) is 43.1 Å². The van der Waals surface area contributed by atoms with Crippen LogP contribution in [-0.2, 0) is 37.0 Å². The summed E-state index contributed by atoms with van der Waals surface area (Å²) in [5, 5.41) is 24.6. The summed E-state index contributed by atoms with van der Waals surface area (Å²) < 4.78 is 13.5. The van der Waals surface area contributed by atoms with Crippen LogP contribution in [-0.4, -0.2) is 63.2 Å². The Labute approximate surface area is 313 Å². The average molecular weight is 726 g/mol. The Morgan fingerprint density at radius 2 is 1.57 bits per heavy atom. The third-order valence-electron chi connectivity index (χ3n) is 10.8. The van der Waals surface area contributed by atoms with E-state index in [0.29, 0.717) is 31.5 Å². The smallest absolute Gasteiger partial charge is 0.303 e. The first kappa shape index (κ1) is 38.6. The van der Waals surface area contributed by atoms with Crippen LogP contribution >= 0.6 is 0 Å². The number of carboxylic acid groups (broad SMARTS) is 1. The fourth-order valence-electron chi connectivity index (χ4n) is 8.20. The van der Waals surface area contributed by atoms with E-state index in [2.05, 4.69) is 15.5 Å². The molecular formula is C43H55N3O7. The lowest BCUT2D eigenvalue weighted by Crippen LogP contribution is -2.61. The van der Waals surface area contributed by atoms with Crippen LogP contribution in [0, 0.1) is 5.92 Å². The second-order valence-corrected chi connectivity index (χ2v) is 16.0. The summed E-state index contributed by atoms with van der Waals surface area (Å²) in [6.07, 6.45) is 6.04. The molecule has 6 rings (SSSR count). The number of carboxylic acids is 1. The van der Waals surface area contributed by atoms with E-state index in [1.807, 2.05) is 93.6 Å². The van der Waals surface area contributed by atoms with Crippen LogP contribution in [0.3, 0.4) is 0 Å². The van der Waals surface area contributed by atoms with Gasteiger partial charge in [-0.25, -0.2) is 0 Å². The number of ether oxygens (including phenoxy) is 2. The number of nitrogens with one attached hydrogen (secondary N) is 2. The number of nitrogens with zero attached hydrogens (tertiary/aromatic N) is 1. The zero-order valence-electron chi connectivity index (χ0n) is 31.3. The number of aliphatic hydroxyl groups is 1. The molecular weight excluding hydrogens is 670 g/mol.